The maximum absolute atomic E-state index is 12.4. The first kappa shape index (κ1) is 16.6. The molecular weight excluding hydrogens is 262 g/mol. The van der Waals surface area contributed by atoms with E-state index in [1.165, 1.54) is 0 Å². The van der Waals surface area contributed by atoms with Crippen molar-refractivity contribution in [3.63, 3.8) is 0 Å². The molecular formula is C14H23NO5. The third kappa shape index (κ3) is 4.03. The average Bonchev–Trinajstić information content (AvgIpc) is 2.50. The Morgan fingerprint density at radius 2 is 1.90 bits per heavy atom. The summed E-state index contributed by atoms with van der Waals surface area (Å²) < 4.78 is 10.3. The molecule has 1 rings (SSSR count). The van der Waals surface area contributed by atoms with E-state index in [1.807, 2.05) is 0 Å². The van der Waals surface area contributed by atoms with Crippen molar-refractivity contribution in [1.82, 2.24) is 5.32 Å². The zero-order chi connectivity index (χ0) is 15.4. The van der Waals surface area contributed by atoms with E-state index in [-0.39, 0.29) is 31.8 Å². The van der Waals surface area contributed by atoms with Gasteiger partial charge in [0.1, 0.15) is 11.4 Å². The smallest absolute Gasteiger partial charge is 0.338 e. The van der Waals surface area contributed by atoms with Crippen LogP contribution in [0.25, 0.3) is 0 Å². The Bertz CT molecular complexity index is 399. The SMILES string of the molecule is CCOC(=O)C1(C(=O)OC(C)(C)C)CCC(=O)CCN1. The van der Waals surface area contributed by atoms with Crippen LogP contribution in [0, 0.1) is 0 Å². The Morgan fingerprint density at radius 1 is 1.25 bits per heavy atom. The molecule has 1 aliphatic heterocycles. The lowest BCUT2D eigenvalue weighted by Crippen LogP contribution is -2.60. The number of hydrogen-bond donors (Lipinski definition) is 1. The Balaban J connectivity index is 3.03. The summed E-state index contributed by atoms with van der Waals surface area (Å²) in [4.78, 5) is 36.1. The van der Waals surface area contributed by atoms with Crippen molar-refractivity contribution in [1.29, 1.82) is 0 Å². The van der Waals surface area contributed by atoms with Crippen molar-refractivity contribution >= 4 is 17.7 Å². The van der Waals surface area contributed by atoms with Crippen molar-refractivity contribution in [2.75, 3.05) is 13.2 Å². The van der Waals surface area contributed by atoms with Crippen LogP contribution in [0.15, 0.2) is 0 Å². The molecule has 0 amide bonds. The highest BCUT2D eigenvalue weighted by atomic mass is 16.6. The molecule has 1 aliphatic rings. The van der Waals surface area contributed by atoms with Gasteiger partial charge in [-0.2, -0.15) is 0 Å². The third-order valence-electron chi connectivity index (χ3n) is 2.98. The average molecular weight is 285 g/mol. The van der Waals surface area contributed by atoms with Gasteiger partial charge in [-0.05, 0) is 34.1 Å². The van der Waals surface area contributed by atoms with Crippen LogP contribution in [0.2, 0.25) is 0 Å². The summed E-state index contributed by atoms with van der Waals surface area (Å²) in [6, 6.07) is 0. The van der Waals surface area contributed by atoms with Crippen LogP contribution in [0.3, 0.4) is 0 Å². The number of nitrogens with one attached hydrogen (secondary N) is 1. The summed E-state index contributed by atoms with van der Waals surface area (Å²) in [5.74, 6) is -1.34. The van der Waals surface area contributed by atoms with Crippen LogP contribution in [0.5, 0.6) is 0 Å². The van der Waals surface area contributed by atoms with Gasteiger partial charge in [-0.3, -0.25) is 10.1 Å². The van der Waals surface area contributed by atoms with Crippen LogP contribution in [-0.2, 0) is 23.9 Å². The molecule has 1 unspecified atom stereocenters. The Kier molecular flexibility index (Phi) is 5.28. The molecule has 1 saturated heterocycles. The molecule has 0 aromatic heterocycles. The van der Waals surface area contributed by atoms with Gasteiger partial charge in [0.2, 0.25) is 5.54 Å². The first-order valence-corrected chi connectivity index (χ1v) is 6.88. The lowest BCUT2D eigenvalue weighted by Gasteiger charge is -2.32. The highest BCUT2D eigenvalue weighted by Gasteiger charge is 2.50. The predicted octanol–water partition coefficient (Wildman–Crippen LogP) is 0.973. The van der Waals surface area contributed by atoms with Crippen molar-refractivity contribution in [2.24, 2.45) is 0 Å². The number of Topliss-reactive ketones (excluding diaryl/α,β-unsaturated/α-hetero) is 1. The van der Waals surface area contributed by atoms with Crippen LogP contribution in [0.4, 0.5) is 0 Å². The van der Waals surface area contributed by atoms with E-state index in [9.17, 15) is 14.4 Å². The summed E-state index contributed by atoms with van der Waals surface area (Å²) >= 11 is 0. The summed E-state index contributed by atoms with van der Waals surface area (Å²) in [7, 11) is 0. The molecule has 0 bridgehead atoms. The van der Waals surface area contributed by atoms with Crippen LogP contribution in [0.1, 0.15) is 47.0 Å². The van der Waals surface area contributed by atoms with E-state index in [0.29, 0.717) is 6.42 Å². The first-order chi connectivity index (χ1) is 9.21. The normalized spacial score (nSPS) is 23.9. The molecule has 0 aromatic rings. The standard InChI is InChI=1S/C14H23NO5/c1-5-19-11(17)14(12(18)20-13(2,3)4)8-6-10(16)7-9-15-14/h15H,5-9H2,1-4H3. The highest BCUT2D eigenvalue weighted by molar-refractivity contribution is 6.05. The molecule has 6 nitrogen and oxygen atoms in total. The van der Waals surface area contributed by atoms with Gasteiger partial charge in [-0.25, -0.2) is 9.59 Å². The topological polar surface area (TPSA) is 81.7 Å². The molecule has 6 heteroatoms. The summed E-state index contributed by atoms with van der Waals surface area (Å²) in [5, 5.41) is 2.86. The zero-order valence-corrected chi connectivity index (χ0v) is 12.6. The van der Waals surface area contributed by atoms with E-state index in [2.05, 4.69) is 5.32 Å². The first-order valence-electron chi connectivity index (χ1n) is 6.88. The van der Waals surface area contributed by atoms with Crippen LogP contribution < -0.4 is 5.32 Å². The van der Waals surface area contributed by atoms with Crippen LogP contribution >= 0.6 is 0 Å². The van der Waals surface area contributed by atoms with E-state index in [1.54, 1.807) is 27.7 Å². The lowest BCUT2D eigenvalue weighted by molar-refractivity contribution is -0.174. The second-order valence-corrected chi connectivity index (χ2v) is 5.84. The Morgan fingerprint density at radius 3 is 2.45 bits per heavy atom. The zero-order valence-electron chi connectivity index (χ0n) is 12.6. The van der Waals surface area contributed by atoms with Gasteiger partial charge in [0.25, 0.3) is 0 Å². The highest BCUT2D eigenvalue weighted by Crippen LogP contribution is 2.24. The molecule has 0 aliphatic carbocycles. The third-order valence-corrected chi connectivity index (χ3v) is 2.98. The van der Waals surface area contributed by atoms with Gasteiger partial charge < -0.3 is 9.47 Å². The number of esters is 2. The van der Waals surface area contributed by atoms with Crippen molar-refractivity contribution in [3.05, 3.63) is 0 Å². The summed E-state index contributed by atoms with van der Waals surface area (Å²) in [5.41, 5.74) is -2.29. The molecule has 1 N–H and O–H groups in total. The molecule has 20 heavy (non-hydrogen) atoms. The lowest BCUT2D eigenvalue weighted by atomic mass is 9.93. The number of carbonyl (C=O) groups is 3. The molecule has 1 fully saturated rings. The minimum Gasteiger partial charge on any atom is -0.464 e. The van der Waals surface area contributed by atoms with Gasteiger partial charge in [-0.15, -0.1) is 0 Å². The minimum absolute atomic E-state index is 0.0206. The van der Waals surface area contributed by atoms with E-state index in [0.717, 1.165) is 0 Å². The number of ether oxygens (including phenoxy) is 2. The second kappa shape index (κ2) is 6.35. The van der Waals surface area contributed by atoms with Crippen molar-refractivity contribution in [3.8, 4) is 0 Å². The minimum atomic E-state index is -1.57. The number of ketones is 1. The number of rotatable bonds is 3. The van der Waals surface area contributed by atoms with Gasteiger partial charge in [0.05, 0.1) is 6.61 Å². The largest absolute Gasteiger partial charge is 0.464 e. The Labute approximate surface area is 119 Å². The molecule has 114 valence electrons. The molecule has 1 heterocycles. The van der Waals surface area contributed by atoms with Gasteiger partial charge in [0.15, 0.2) is 0 Å². The summed E-state index contributed by atoms with van der Waals surface area (Å²) in [6.07, 6.45) is 0.522. The number of carbonyl (C=O) groups excluding carboxylic acids is 3. The fraction of sp³-hybridized carbons (Fsp3) is 0.786. The number of hydrogen-bond acceptors (Lipinski definition) is 6. The van der Waals surface area contributed by atoms with Gasteiger partial charge >= 0.3 is 11.9 Å². The molecule has 0 radical (unpaired) electrons. The quantitative estimate of drug-likeness (QED) is 0.614. The predicted molar refractivity (Wildman–Crippen MR) is 72.1 cm³/mol. The molecule has 0 aromatic carbocycles. The van der Waals surface area contributed by atoms with Gasteiger partial charge in [0, 0.05) is 19.4 Å². The van der Waals surface area contributed by atoms with E-state index in [4.69, 9.17) is 9.47 Å². The fourth-order valence-electron chi connectivity index (χ4n) is 2.01. The molecule has 0 spiro atoms. The van der Waals surface area contributed by atoms with Gasteiger partial charge in [-0.1, -0.05) is 0 Å². The Hall–Kier alpha value is -1.43. The maximum Gasteiger partial charge on any atom is 0.338 e. The van der Waals surface area contributed by atoms with E-state index >= 15 is 0 Å². The second-order valence-electron chi connectivity index (χ2n) is 5.84. The fourth-order valence-corrected chi connectivity index (χ4v) is 2.01. The van der Waals surface area contributed by atoms with Crippen molar-refractivity contribution < 1.29 is 23.9 Å². The molecule has 1 atom stereocenters. The molecule has 0 saturated carbocycles. The van der Waals surface area contributed by atoms with Crippen molar-refractivity contribution in [2.45, 2.75) is 58.1 Å². The summed E-state index contributed by atoms with van der Waals surface area (Å²) in [6.45, 7) is 7.28. The monoisotopic (exact) mass is 285 g/mol. The maximum atomic E-state index is 12.4. The van der Waals surface area contributed by atoms with E-state index < -0.39 is 23.1 Å². The van der Waals surface area contributed by atoms with Crippen LogP contribution in [-0.4, -0.2) is 42.0 Å².